The summed E-state index contributed by atoms with van der Waals surface area (Å²) in [5.41, 5.74) is 8.14. The molecule has 0 saturated heterocycles. The van der Waals surface area contributed by atoms with Gasteiger partial charge in [-0.2, -0.15) is 0 Å². The lowest BCUT2D eigenvalue weighted by Gasteiger charge is -2.07. The maximum atomic E-state index is 11.5. The quantitative estimate of drug-likeness (QED) is 0.836. The Morgan fingerprint density at radius 2 is 1.89 bits per heavy atom. The standard InChI is InChI=1S/C16H17NO2/c1-12-5-7-15(8-6-12)19-11-13-3-2-4-14(9-13)16(18)10-17/h2-9H,10-11,17H2,1H3. The Morgan fingerprint density at radius 1 is 1.16 bits per heavy atom. The third kappa shape index (κ3) is 3.66. The number of carbonyl (C=O) groups is 1. The van der Waals surface area contributed by atoms with Crippen LogP contribution in [0, 0.1) is 6.92 Å². The molecule has 0 aliphatic rings. The van der Waals surface area contributed by atoms with Crippen LogP contribution in [0.1, 0.15) is 21.5 Å². The number of carbonyl (C=O) groups excluding carboxylic acids is 1. The van der Waals surface area contributed by atoms with E-state index < -0.39 is 0 Å². The zero-order valence-electron chi connectivity index (χ0n) is 10.9. The normalized spacial score (nSPS) is 10.2. The fourth-order valence-electron chi connectivity index (χ4n) is 1.75. The first-order valence-electron chi connectivity index (χ1n) is 6.21. The molecule has 0 amide bonds. The summed E-state index contributed by atoms with van der Waals surface area (Å²) in [7, 11) is 0. The van der Waals surface area contributed by atoms with Crippen molar-refractivity contribution in [1.82, 2.24) is 0 Å². The second-order valence-corrected chi connectivity index (χ2v) is 4.43. The van der Waals surface area contributed by atoms with E-state index in [9.17, 15) is 4.79 Å². The van der Waals surface area contributed by atoms with E-state index in [1.54, 1.807) is 6.07 Å². The number of ketones is 1. The summed E-state index contributed by atoms with van der Waals surface area (Å²) in [6, 6.07) is 15.2. The van der Waals surface area contributed by atoms with Crippen LogP contribution in [0.4, 0.5) is 0 Å². The van der Waals surface area contributed by atoms with Crippen molar-refractivity contribution in [2.75, 3.05) is 6.54 Å². The van der Waals surface area contributed by atoms with Crippen molar-refractivity contribution in [3.63, 3.8) is 0 Å². The van der Waals surface area contributed by atoms with Crippen LogP contribution in [0.15, 0.2) is 48.5 Å². The van der Waals surface area contributed by atoms with Gasteiger partial charge in [0.25, 0.3) is 0 Å². The van der Waals surface area contributed by atoms with Gasteiger partial charge in [-0.05, 0) is 30.7 Å². The summed E-state index contributed by atoms with van der Waals surface area (Å²) in [5, 5.41) is 0. The number of hydrogen-bond acceptors (Lipinski definition) is 3. The molecule has 3 heteroatoms. The van der Waals surface area contributed by atoms with Gasteiger partial charge in [-0.15, -0.1) is 0 Å². The Bertz CT molecular complexity index is 561. The summed E-state index contributed by atoms with van der Waals surface area (Å²) in [6.45, 7) is 2.50. The molecule has 2 N–H and O–H groups in total. The lowest BCUT2D eigenvalue weighted by Crippen LogP contribution is -2.13. The Morgan fingerprint density at radius 3 is 2.58 bits per heavy atom. The minimum Gasteiger partial charge on any atom is -0.489 e. The van der Waals surface area contributed by atoms with Gasteiger partial charge in [0, 0.05) is 5.56 Å². The Balaban J connectivity index is 2.03. The summed E-state index contributed by atoms with van der Waals surface area (Å²) in [6.07, 6.45) is 0. The number of aryl methyl sites for hydroxylation is 1. The molecule has 2 rings (SSSR count). The fourth-order valence-corrected chi connectivity index (χ4v) is 1.75. The molecule has 2 aromatic rings. The van der Waals surface area contributed by atoms with Crippen LogP contribution in [0.3, 0.4) is 0 Å². The van der Waals surface area contributed by atoms with E-state index in [0.717, 1.165) is 11.3 Å². The van der Waals surface area contributed by atoms with E-state index in [1.165, 1.54) is 5.56 Å². The topological polar surface area (TPSA) is 52.3 Å². The summed E-state index contributed by atoms with van der Waals surface area (Å²) < 4.78 is 5.67. The minimum atomic E-state index is -0.0582. The zero-order valence-corrected chi connectivity index (χ0v) is 10.9. The average Bonchev–Trinajstić information content (AvgIpc) is 2.46. The molecular formula is C16H17NO2. The second-order valence-electron chi connectivity index (χ2n) is 4.43. The maximum Gasteiger partial charge on any atom is 0.176 e. The smallest absolute Gasteiger partial charge is 0.176 e. The average molecular weight is 255 g/mol. The molecule has 3 nitrogen and oxygen atoms in total. The highest BCUT2D eigenvalue weighted by atomic mass is 16.5. The summed E-state index contributed by atoms with van der Waals surface area (Å²) >= 11 is 0. The van der Waals surface area contributed by atoms with Gasteiger partial charge in [0.05, 0.1) is 6.54 Å². The SMILES string of the molecule is Cc1ccc(OCc2cccc(C(=O)CN)c2)cc1. The van der Waals surface area contributed by atoms with E-state index >= 15 is 0 Å². The third-order valence-corrected chi connectivity index (χ3v) is 2.86. The highest BCUT2D eigenvalue weighted by molar-refractivity contribution is 5.97. The number of nitrogens with two attached hydrogens (primary N) is 1. The predicted octanol–water partition coefficient (Wildman–Crippen LogP) is 2.72. The van der Waals surface area contributed by atoms with Gasteiger partial charge < -0.3 is 10.5 Å². The van der Waals surface area contributed by atoms with E-state index in [1.807, 2.05) is 49.4 Å². The highest BCUT2D eigenvalue weighted by Crippen LogP contribution is 2.14. The first-order chi connectivity index (χ1) is 9.19. The molecule has 0 spiro atoms. The molecule has 0 unspecified atom stereocenters. The molecular weight excluding hydrogens is 238 g/mol. The number of Topliss-reactive ketones (excluding diaryl/α,β-unsaturated/α-hetero) is 1. The molecule has 0 heterocycles. The van der Waals surface area contributed by atoms with Gasteiger partial charge in [-0.1, -0.05) is 35.9 Å². The zero-order chi connectivity index (χ0) is 13.7. The number of hydrogen-bond donors (Lipinski definition) is 1. The first-order valence-corrected chi connectivity index (χ1v) is 6.21. The van der Waals surface area contributed by atoms with Crippen molar-refractivity contribution in [2.45, 2.75) is 13.5 Å². The van der Waals surface area contributed by atoms with E-state index in [0.29, 0.717) is 12.2 Å². The fraction of sp³-hybridized carbons (Fsp3) is 0.188. The van der Waals surface area contributed by atoms with Crippen molar-refractivity contribution < 1.29 is 9.53 Å². The number of ether oxygens (including phenoxy) is 1. The molecule has 0 atom stereocenters. The predicted molar refractivity (Wildman–Crippen MR) is 75.3 cm³/mol. The van der Waals surface area contributed by atoms with Crippen LogP contribution in [0.2, 0.25) is 0 Å². The van der Waals surface area contributed by atoms with Crippen LogP contribution < -0.4 is 10.5 Å². The second kappa shape index (κ2) is 6.16. The van der Waals surface area contributed by atoms with Crippen molar-refractivity contribution in [3.8, 4) is 5.75 Å². The van der Waals surface area contributed by atoms with Crippen LogP contribution in [0.25, 0.3) is 0 Å². The van der Waals surface area contributed by atoms with Gasteiger partial charge in [-0.3, -0.25) is 4.79 Å². The van der Waals surface area contributed by atoms with E-state index in [-0.39, 0.29) is 12.3 Å². The Hall–Kier alpha value is -2.13. The third-order valence-electron chi connectivity index (χ3n) is 2.86. The monoisotopic (exact) mass is 255 g/mol. The summed E-state index contributed by atoms with van der Waals surface area (Å²) in [5.74, 6) is 0.762. The van der Waals surface area contributed by atoms with Gasteiger partial charge in [0.15, 0.2) is 5.78 Å². The lowest BCUT2D eigenvalue weighted by atomic mass is 10.1. The molecule has 0 fully saturated rings. The number of rotatable bonds is 5. The van der Waals surface area contributed by atoms with Crippen molar-refractivity contribution >= 4 is 5.78 Å². The van der Waals surface area contributed by atoms with E-state index in [2.05, 4.69) is 0 Å². The van der Waals surface area contributed by atoms with Crippen molar-refractivity contribution in [1.29, 1.82) is 0 Å². The molecule has 0 radical (unpaired) electrons. The van der Waals surface area contributed by atoms with Gasteiger partial charge >= 0.3 is 0 Å². The largest absolute Gasteiger partial charge is 0.489 e. The molecule has 0 aliphatic carbocycles. The van der Waals surface area contributed by atoms with Crippen molar-refractivity contribution in [2.24, 2.45) is 5.73 Å². The van der Waals surface area contributed by atoms with Gasteiger partial charge in [-0.25, -0.2) is 0 Å². The summed E-state index contributed by atoms with van der Waals surface area (Å²) in [4.78, 5) is 11.5. The van der Waals surface area contributed by atoms with Gasteiger partial charge in [0.1, 0.15) is 12.4 Å². The Kier molecular flexibility index (Phi) is 4.31. The molecule has 2 aromatic carbocycles. The highest BCUT2D eigenvalue weighted by Gasteiger charge is 2.04. The molecule has 0 saturated carbocycles. The maximum absolute atomic E-state index is 11.5. The molecule has 98 valence electrons. The van der Waals surface area contributed by atoms with Crippen LogP contribution in [-0.2, 0) is 6.61 Å². The molecule has 0 aromatic heterocycles. The van der Waals surface area contributed by atoms with E-state index in [4.69, 9.17) is 10.5 Å². The number of benzene rings is 2. The van der Waals surface area contributed by atoms with Crippen LogP contribution >= 0.6 is 0 Å². The molecule has 0 aliphatic heterocycles. The van der Waals surface area contributed by atoms with Crippen LogP contribution in [0.5, 0.6) is 5.75 Å². The molecule has 19 heavy (non-hydrogen) atoms. The van der Waals surface area contributed by atoms with Gasteiger partial charge in [0.2, 0.25) is 0 Å². The minimum absolute atomic E-state index is 0.0300. The van der Waals surface area contributed by atoms with Crippen LogP contribution in [-0.4, -0.2) is 12.3 Å². The van der Waals surface area contributed by atoms with Crippen molar-refractivity contribution in [3.05, 3.63) is 65.2 Å². The lowest BCUT2D eigenvalue weighted by molar-refractivity contribution is 0.100. The Labute approximate surface area is 113 Å². The molecule has 0 bridgehead atoms. The first kappa shape index (κ1) is 13.3.